The first-order valence-electron chi connectivity index (χ1n) is 8.22. The molecule has 0 radical (unpaired) electrons. The van der Waals surface area contributed by atoms with Gasteiger partial charge in [0.1, 0.15) is 5.75 Å². The number of benzene rings is 2. The van der Waals surface area contributed by atoms with Crippen molar-refractivity contribution in [3.8, 4) is 5.75 Å². The van der Waals surface area contributed by atoms with Gasteiger partial charge in [-0.2, -0.15) is 0 Å². The number of ether oxygens (including phenoxy) is 1. The number of hydrogen-bond donors (Lipinski definition) is 1. The van der Waals surface area contributed by atoms with Crippen LogP contribution >= 0.6 is 11.6 Å². The van der Waals surface area contributed by atoms with Crippen LogP contribution in [0.25, 0.3) is 0 Å². The van der Waals surface area contributed by atoms with Crippen LogP contribution in [-0.4, -0.2) is 18.6 Å². The van der Waals surface area contributed by atoms with Crippen LogP contribution in [0.1, 0.15) is 30.0 Å². The molecule has 24 heavy (non-hydrogen) atoms. The van der Waals surface area contributed by atoms with E-state index < -0.39 is 6.10 Å². The van der Waals surface area contributed by atoms with Gasteiger partial charge in [-0.15, -0.1) is 0 Å². The average Bonchev–Trinajstić information content (AvgIpc) is 2.55. The highest BCUT2D eigenvalue weighted by Crippen LogP contribution is 2.21. The zero-order chi connectivity index (χ0) is 17.5. The molecule has 0 saturated heterocycles. The van der Waals surface area contributed by atoms with Crippen LogP contribution in [0, 0.1) is 13.8 Å². The van der Waals surface area contributed by atoms with Crippen molar-refractivity contribution >= 4 is 17.5 Å². The van der Waals surface area contributed by atoms with E-state index in [1.54, 1.807) is 19.1 Å². The molecule has 2 aromatic rings. The third-order valence-electron chi connectivity index (χ3n) is 3.84. The summed E-state index contributed by atoms with van der Waals surface area (Å²) in [6, 6.07) is 13.8. The molecular formula is C20H24ClNO2. The summed E-state index contributed by atoms with van der Waals surface area (Å²) in [5.41, 5.74) is 3.49. The topological polar surface area (TPSA) is 38.3 Å². The Labute approximate surface area is 149 Å². The van der Waals surface area contributed by atoms with E-state index in [0.29, 0.717) is 17.3 Å². The normalized spacial score (nSPS) is 11.8. The summed E-state index contributed by atoms with van der Waals surface area (Å²) in [6.07, 6.45) is 1.32. The third-order valence-corrected chi connectivity index (χ3v) is 4.26. The fourth-order valence-corrected chi connectivity index (χ4v) is 2.58. The summed E-state index contributed by atoms with van der Waals surface area (Å²) >= 11 is 5.99. The molecule has 4 heteroatoms. The highest BCUT2D eigenvalue weighted by atomic mass is 35.5. The molecule has 0 spiro atoms. The second kappa shape index (κ2) is 8.74. The molecule has 2 aromatic carbocycles. The van der Waals surface area contributed by atoms with Crippen molar-refractivity contribution in [1.82, 2.24) is 5.32 Å². The number of carbonyl (C=O) groups excluding carboxylic acids is 1. The van der Waals surface area contributed by atoms with Crippen molar-refractivity contribution in [2.75, 3.05) is 6.54 Å². The van der Waals surface area contributed by atoms with Gasteiger partial charge in [-0.25, -0.2) is 0 Å². The molecule has 0 saturated carbocycles. The Balaban J connectivity index is 1.74. The minimum Gasteiger partial charge on any atom is -0.481 e. The number of carbonyl (C=O) groups is 1. The number of halogens is 1. The first-order valence-corrected chi connectivity index (χ1v) is 8.59. The van der Waals surface area contributed by atoms with Gasteiger partial charge in [0.2, 0.25) is 0 Å². The van der Waals surface area contributed by atoms with Gasteiger partial charge in [0.15, 0.2) is 6.10 Å². The zero-order valence-corrected chi connectivity index (χ0v) is 15.2. The molecule has 1 N–H and O–H groups in total. The molecule has 128 valence electrons. The summed E-state index contributed by atoms with van der Waals surface area (Å²) in [4.78, 5) is 12.1. The van der Waals surface area contributed by atoms with E-state index in [2.05, 4.69) is 36.5 Å². The molecule has 0 aromatic heterocycles. The fourth-order valence-electron chi connectivity index (χ4n) is 2.46. The highest BCUT2D eigenvalue weighted by Gasteiger charge is 2.14. The lowest BCUT2D eigenvalue weighted by Crippen LogP contribution is -2.36. The lowest BCUT2D eigenvalue weighted by atomic mass is 10.1. The fraction of sp³-hybridized carbons (Fsp3) is 0.350. The van der Waals surface area contributed by atoms with Crippen molar-refractivity contribution in [2.45, 2.75) is 39.7 Å². The first kappa shape index (κ1) is 18.3. The third kappa shape index (κ3) is 5.57. The molecule has 0 aliphatic heterocycles. The van der Waals surface area contributed by atoms with E-state index >= 15 is 0 Å². The predicted molar refractivity (Wildman–Crippen MR) is 98.8 cm³/mol. The lowest BCUT2D eigenvalue weighted by Gasteiger charge is -2.15. The Bertz CT molecular complexity index is 700. The Morgan fingerprint density at radius 3 is 2.71 bits per heavy atom. The van der Waals surface area contributed by atoms with Crippen LogP contribution in [0.3, 0.4) is 0 Å². The largest absolute Gasteiger partial charge is 0.481 e. The zero-order valence-electron chi connectivity index (χ0n) is 14.4. The molecule has 0 heterocycles. The molecular weight excluding hydrogens is 322 g/mol. The first-order chi connectivity index (χ1) is 11.5. The van der Waals surface area contributed by atoms with Gasteiger partial charge in [-0.05, 0) is 62.9 Å². The molecule has 1 amide bonds. The molecule has 0 bridgehead atoms. The smallest absolute Gasteiger partial charge is 0.260 e. The Hall–Kier alpha value is -2.00. The van der Waals surface area contributed by atoms with E-state index in [1.807, 2.05) is 13.0 Å². The van der Waals surface area contributed by atoms with Crippen molar-refractivity contribution in [3.05, 3.63) is 64.2 Å². The van der Waals surface area contributed by atoms with Crippen LogP contribution in [-0.2, 0) is 11.2 Å². The van der Waals surface area contributed by atoms with Crippen molar-refractivity contribution in [2.24, 2.45) is 0 Å². The van der Waals surface area contributed by atoms with E-state index in [9.17, 15) is 4.79 Å². The average molecular weight is 346 g/mol. The maximum absolute atomic E-state index is 12.1. The molecule has 0 fully saturated rings. The standard InChI is InChI=1S/C20H24ClNO2/c1-14-6-4-7-17(12-14)8-5-11-22-20(23)16(3)24-18-9-10-19(21)15(2)13-18/h4,6-7,9-10,12-13,16H,5,8,11H2,1-3H3,(H,22,23)/t16-/m1/s1. The van der Waals surface area contributed by atoms with E-state index in [-0.39, 0.29) is 5.91 Å². The van der Waals surface area contributed by atoms with Crippen LogP contribution in [0.2, 0.25) is 5.02 Å². The molecule has 2 rings (SSSR count). The maximum atomic E-state index is 12.1. The van der Waals surface area contributed by atoms with Gasteiger partial charge >= 0.3 is 0 Å². The Morgan fingerprint density at radius 2 is 2.00 bits per heavy atom. The summed E-state index contributed by atoms with van der Waals surface area (Å²) in [5, 5.41) is 3.61. The van der Waals surface area contributed by atoms with Gasteiger partial charge in [0.25, 0.3) is 5.91 Å². The molecule has 0 unspecified atom stereocenters. The van der Waals surface area contributed by atoms with Crippen molar-refractivity contribution in [1.29, 1.82) is 0 Å². The summed E-state index contributed by atoms with van der Waals surface area (Å²) in [7, 11) is 0. The van der Waals surface area contributed by atoms with Gasteiger partial charge in [-0.1, -0.05) is 41.4 Å². The van der Waals surface area contributed by atoms with Gasteiger partial charge < -0.3 is 10.1 Å². The quantitative estimate of drug-likeness (QED) is 0.752. The lowest BCUT2D eigenvalue weighted by molar-refractivity contribution is -0.127. The van der Waals surface area contributed by atoms with Crippen LogP contribution in [0.15, 0.2) is 42.5 Å². The number of rotatable bonds is 7. The molecule has 3 nitrogen and oxygen atoms in total. The Kier molecular flexibility index (Phi) is 6.68. The van der Waals surface area contributed by atoms with Crippen molar-refractivity contribution in [3.63, 3.8) is 0 Å². The number of amides is 1. The summed E-state index contributed by atoms with van der Waals surface area (Å²) < 4.78 is 5.67. The minimum absolute atomic E-state index is 0.105. The van der Waals surface area contributed by atoms with E-state index in [4.69, 9.17) is 16.3 Å². The monoisotopic (exact) mass is 345 g/mol. The highest BCUT2D eigenvalue weighted by molar-refractivity contribution is 6.31. The number of nitrogens with one attached hydrogen (secondary N) is 1. The van der Waals surface area contributed by atoms with Crippen LogP contribution < -0.4 is 10.1 Å². The van der Waals surface area contributed by atoms with Crippen LogP contribution in [0.5, 0.6) is 5.75 Å². The maximum Gasteiger partial charge on any atom is 0.260 e. The van der Waals surface area contributed by atoms with Crippen molar-refractivity contribution < 1.29 is 9.53 Å². The summed E-state index contributed by atoms with van der Waals surface area (Å²) in [6.45, 7) is 6.38. The molecule has 1 atom stereocenters. The van der Waals surface area contributed by atoms with Gasteiger partial charge in [-0.3, -0.25) is 4.79 Å². The second-order valence-corrected chi connectivity index (χ2v) is 6.46. The van der Waals surface area contributed by atoms with Gasteiger partial charge in [0.05, 0.1) is 0 Å². The predicted octanol–water partition coefficient (Wildman–Crippen LogP) is 4.47. The van der Waals surface area contributed by atoms with E-state index in [1.165, 1.54) is 11.1 Å². The number of hydrogen-bond acceptors (Lipinski definition) is 2. The SMILES string of the molecule is Cc1cccc(CCCNC(=O)[C@@H](C)Oc2ccc(Cl)c(C)c2)c1. The van der Waals surface area contributed by atoms with E-state index in [0.717, 1.165) is 18.4 Å². The van der Waals surface area contributed by atoms with Gasteiger partial charge in [0, 0.05) is 11.6 Å². The number of aryl methyl sites for hydroxylation is 3. The Morgan fingerprint density at radius 1 is 1.21 bits per heavy atom. The minimum atomic E-state index is -0.537. The molecule has 0 aliphatic carbocycles. The summed E-state index contributed by atoms with van der Waals surface area (Å²) in [5.74, 6) is 0.547. The molecule has 0 aliphatic rings. The van der Waals surface area contributed by atoms with Crippen LogP contribution in [0.4, 0.5) is 0 Å². The second-order valence-electron chi connectivity index (χ2n) is 6.05.